The summed E-state index contributed by atoms with van der Waals surface area (Å²) < 4.78 is 13.0. The van der Waals surface area contributed by atoms with Gasteiger partial charge in [-0.3, -0.25) is 9.69 Å². The molecule has 2 rings (SSSR count). The second kappa shape index (κ2) is 6.02. The van der Waals surface area contributed by atoms with Gasteiger partial charge in [-0.25, -0.2) is 4.39 Å². The topological polar surface area (TPSA) is 58.4 Å². The first kappa shape index (κ1) is 13.8. The lowest BCUT2D eigenvalue weighted by molar-refractivity contribution is 0.0941. The van der Waals surface area contributed by atoms with Crippen molar-refractivity contribution >= 4 is 11.6 Å². The Labute approximate surface area is 112 Å². The van der Waals surface area contributed by atoms with Gasteiger partial charge in [0.2, 0.25) is 0 Å². The molecule has 1 saturated heterocycles. The van der Waals surface area contributed by atoms with E-state index in [1.54, 1.807) is 0 Å². The number of carbonyl (C=O) groups is 1. The van der Waals surface area contributed by atoms with Gasteiger partial charge >= 0.3 is 0 Å². The van der Waals surface area contributed by atoms with Gasteiger partial charge in [0.1, 0.15) is 5.82 Å². The van der Waals surface area contributed by atoms with E-state index >= 15 is 0 Å². The molecule has 1 atom stereocenters. The number of hydrogen-bond acceptors (Lipinski definition) is 3. The maximum absolute atomic E-state index is 13.0. The molecule has 1 aromatic carbocycles. The minimum Gasteiger partial charge on any atom is -0.396 e. The van der Waals surface area contributed by atoms with Gasteiger partial charge in [-0.05, 0) is 44.1 Å². The lowest BCUT2D eigenvalue weighted by Crippen LogP contribution is -2.40. The van der Waals surface area contributed by atoms with Crippen molar-refractivity contribution in [3.8, 4) is 0 Å². The number of anilines is 1. The van der Waals surface area contributed by atoms with Gasteiger partial charge < -0.3 is 11.1 Å². The van der Waals surface area contributed by atoms with Crippen molar-refractivity contribution in [2.75, 3.05) is 25.4 Å². The van der Waals surface area contributed by atoms with Crippen LogP contribution >= 0.6 is 0 Å². The van der Waals surface area contributed by atoms with Crippen molar-refractivity contribution in [1.82, 2.24) is 10.2 Å². The SMILES string of the molecule is CCN1CCCC1CNC(=O)c1ccc(F)c(N)c1. The van der Waals surface area contributed by atoms with E-state index < -0.39 is 5.82 Å². The van der Waals surface area contributed by atoms with Crippen molar-refractivity contribution in [3.05, 3.63) is 29.6 Å². The summed E-state index contributed by atoms with van der Waals surface area (Å²) in [6, 6.07) is 4.45. The van der Waals surface area contributed by atoms with E-state index in [0.29, 0.717) is 18.2 Å². The second-order valence-electron chi connectivity index (χ2n) is 4.87. The molecule has 1 unspecified atom stereocenters. The number of rotatable bonds is 4. The summed E-state index contributed by atoms with van der Waals surface area (Å²) in [5, 5.41) is 2.89. The Morgan fingerprint density at radius 2 is 2.37 bits per heavy atom. The van der Waals surface area contributed by atoms with Crippen LogP contribution in [0.25, 0.3) is 0 Å². The Hall–Kier alpha value is -1.62. The third kappa shape index (κ3) is 3.23. The molecule has 4 nitrogen and oxygen atoms in total. The van der Waals surface area contributed by atoms with Crippen molar-refractivity contribution < 1.29 is 9.18 Å². The first-order valence-electron chi connectivity index (χ1n) is 6.69. The zero-order valence-corrected chi connectivity index (χ0v) is 11.2. The van der Waals surface area contributed by atoms with E-state index in [4.69, 9.17) is 5.73 Å². The fourth-order valence-corrected chi connectivity index (χ4v) is 2.54. The molecule has 1 aromatic rings. The summed E-state index contributed by atoms with van der Waals surface area (Å²) in [6.45, 7) is 4.86. The van der Waals surface area contributed by atoms with Gasteiger partial charge in [-0.15, -0.1) is 0 Å². The average Bonchev–Trinajstić information content (AvgIpc) is 2.86. The Bertz CT molecular complexity index is 464. The molecule has 0 radical (unpaired) electrons. The van der Waals surface area contributed by atoms with Crippen LogP contribution in [0.3, 0.4) is 0 Å². The largest absolute Gasteiger partial charge is 0.396 e. The third-order valence-corrected chi connectivity index (χ3v) is 3.66. The number of carbonyl (C=O) groups excluding carboxylic acids is 1. The normalized spacial score (nSPS) is 19.6. The standard InChI is InChI=1S/C14H20FN3O/c1-2-18-7-3-4-11(18)9-17-14(19)10-5-6-12(15)13(16)8-10/h5-6,8,11H,2-4,7,9,16H2,1H3,(H,17,19). The lowest BCUT2D eigenvalue weighted by Gasteiger charge is -2.22. The molecule has 3 N–H and O–H groups in total. The van der Waals surface area contributed by atoms with Crippen LogP contribution in [0.5, 0.6) is 0 Å². The number of likely N-dealkylation sites (N-methyl/N-ethyl adjacent to an activating group) is 1. The number of nitrogen functional groups attached to an aromatic ring is 1. The highest BCUT2D eigenvalue weighted by Gasteiger charge is 2.23. The number of hydrogen-bond donors (Lipinski definition) is 2. The first-order chi connectivity index (χ1) is 9.11. The summed E-state index contributed by atoms with van der Waals surface area (Å²) in [6.07, 6.45) is 2.29. The average molecular weight is 265 g/mol. The lowest BCUT2D eigenvalue weighted by atomic mass is 10.1. The van der Waals surface area contributed by atoms with E-state index in [2.05, 4.69) is 17.1 Å². The number of nitrogens with one attached hydrogen (secondary N) is 1. The van der Waals surface area contributed by atoms with Crippen molar-refractivity contribution in [2.45, 2.75) is 25.8 Å². The summed E-state index contributed by atoms with van der Waals surface area (Å²) >= 11 is 0. The molecule has 1 fully saturated rings. The molecule has 1 heterocycles. The van der Waals surface area contributed by atoms with Crippen LogP contribution < -0.4 is 11.1 Å². The zero-order valence-electron chi connectivity index (χ0n) is 11.2. The maximum Gasteiger partial charge on any atom is 0.251 e. The molecule has 0 aliphatic carbocycles. The van der Waals surface area contributed by atoms with E-state index in [-0.39, 0.29) is 11.6 Å². The zero-order chi connectivity index (χ0) is 13.8. The predicted octanol–water partition coefficient (Wildman–Crippen LogP) is 1.62. The Morgan fingerprint density at radius 3 is 3.05 bits per heavy atom. The molecular formula is C14H20FN3O. The molecule has 1 amide bonds. The minimum absolute atomic E-state index is 0.00343. The molecule has 1 aliphatic rings. The van der Waals surface area contributed by atoms with Gasteiger partial charge in [0.05, 0.1) is 5.69 Å². The minimum atomic E-state index is -0.496. The number of nitrogens with two attached hydrogens (primary N) is 1. The van der Waals surface area contributed by atoms with E-state index in [1.165, 1.54) is 24.6 Å². The number of likely N-dealkylation sites (tertiary alicyclic amines) is 1. The molecule has 104 valence electrons. The van der Waals surface area contributed by atoms with Crippen molar-refractivity contribution in [3.63, 3.8) is 0 Å². The molecule has 0 aromatic heterocycles. The van der Waals surface area contributed by atoms with Crippen LogP contribution in [0.1, 0.15) is 30.1 Å². The van der Waals surface area contributed by atoms with E-state index in [0.717, 1.165) is 19.5 Å². The van der Waals surface area contributed by atoms with Crippen LogP contribution in [-0.4, -0.2) is 36.5 Å². The molecular weight excluding hydrogens is 245 g/mol. The fourth-order valence-electron chi connectivity index (χ4n) is 2.54. The number of halogens is 1. The highest BCUT2D eigenvalue weighted by Crippen LogP contribution is 2.16. The fraction of sp³-hybridized carbons (Fsp3) is 0.500. The van der Waals surface area contributed by atoms with Crippen molar-refractivity contribution in [2.24, 2.45) is 0 Å². The number of amides is 1. The van der Waals surface area contributed by atoms with Gasteiger partial charge in [-0.2, -0.15) is 0 Å². The monoisotopic (exact) mass is 265 g/mol. The number of nitrogens with zero attached hydrogens (tertiary/aromatic N) is 1. The molecule has 0 saturated carbocycles. The third-order valence-electron chi connectivity index (χ3n) is 3.66. The van der Waals surface area contributed by atoms with Gasteiger partial charge in [0, 0.05) is 18.2 Å². The molecule has 19 heavy (non-hydrogen) atoms. The molecule has 5 heteroatoms. The van der Waals surface area contributed by atoms with Crippen LogP contribution in [0.4, 0.5) is 10.1 Å². The summed E-state index contributed by atoms with van der Waals surface area (Å²) in [7, 11) is 0. The van der Waals surface area contributed by atoms with Crippen LogP contribution in [0, 0.1) is 5.82 Å². The molecule has 1 aliphatic heterocycles. The smallest absolute Gasteiger partial charge is 0.251 e. The van der Waals surface area contributed by atoms with Crippen LogP contribution in [0.15, 0.2) is 18.2 Å². The number of benzene rings is 1. The van der Waals surface area contributed by atoms with Gasteiger partial charge in [0.15, 0.2) is 0 Å². The van der Waals surface area contributed by atoms with Crippen molar-refractivity contribution in [1.29, 1.82) is 0 Å². The van der Waals surface area contributed by atoms with E-state index in [1.807, 2.05) is 0 Å². The second-order valence-corrected chi connectivity index (χ2v) is 4.87. The van der Waals surface area contributed by atoms with Gasteiger partial charge in [0.25, 0.3) is 5.91 Å². The maximum atomic E-state index is 13.0. The van der Waals surface area contributed by atoms with E-state index in [9.17, 15) is 9.18 Å². The quantitative estimate of drug-likeness (QED) is 0.813. The molecule has 0 bridgehead atoms. The summed E-state index contributed by atoms with van der Waals surface area (Å²) in [5.41, 5.74) is 5.86. The van der Waals surface area contributed by atoms with Gasteiger partial charge in [-0.1, -0.05) is 6.92 Å². The Balaban J connectivity index is 1.92. The highest BCUT2D eigenvalue weighted by atomic mass is 19.1. The van der Waals surface area contributed by atoms with Crippen LogP contribution in [-0.2, 0) is 0 Å². The predicted molar refractivity (Wildman–Crippen MR) is 73.4 cm³/mol. The summed E-state index contributed by atoms with van der Waals surface area (Å²) in [4.78, 5) is 14.3. The Kier molecular flexibility index (Phi) is 4.37. The highest BCUT2D eigenvalue weighted by molar-refractivity contribution is 5.95. The van der Waals surface area contributed by atoms with Crippen LogP contribution in [0.2, 0.25) is 0 Å². The molecule has 0 spiro atoms. The Morgan fingerprint density at radius 1 is 1.58 bits per heavy atom. The summed E-state index contributed by atoms with van der Waals surface area (Å²) in [5.74, 6) is -0.695. The first-order valence-corrected chi connectivity index (χ1v) is 6.69.